The van der Waals surface area contributed by atoms with E-state index in [2.05, 4.69) is 22.9 Å². The molecule has 23 heavy (non-hydrogen) atoms. The first-order valence-electron chi connectivity index (χ1n) is 8.42. The number of rotatable bonds is 4. The van der Waals surface area contributed by atoms with E-state index < -0.39 is 10.2 Å². The summed E-state index contributed by atoms with van der Waals surface area (Å²) in [5, 5.41) is 0. The van der Waals surface area contributed by atoms with Crippen LogP contribution in [0.5, 0.6) is 0 Å². The van der Waals surface area contributed by atoms with Crippen LogP contribution < -0.4 is 0 Å². The summed E-state index contributed by atoms with van der Waals surface area (Å²) >= 11 is 0. The second-order valence-electron chi connectivity index (χ2n) is 6.65. The van der Waals surface area contributed by atoms with Crippen LogP contribution in [0.4, 0.5) is 0 Å². The lowest BCUT2D eigenvalue weighted by atomic mass is 10.0. The fourth-order valence-electron chi connectivity index (χ4n) is 3.39. The number of aromatic nitrogens is 1. The summed E-state index contributed by atoms with van der Waals surface area (Å²) in [6.07, 6.45) is 5.75. The molecule has 0 aliphatic carbocycles. The Labute approximate surface area is 139 Å². The van der Waals surface area contributed by atoms with Gasteiger partial charge in [0.15, 0.2) is 0 Å². The van der Waals surface area contributed by atoms with Gasteiger partial charge in [-0.25, -0.2) is 0 Å². The molecule has 0 unspecified atom stereocenters. The normalized spacial score (nSPS) is 25.5. The van der Waals surface area contributed by atoms with Crippen LogP contribution in [0.2, 0.25) is 0 Å². The van der Waals surface area contributed by atoms with E-state index in [-0.39, 0.29) is 0 Å². The molecule has 1 aromatic rings. The van der Waals surface area contributed by atoms with Crippen LogP contribution in [0.1, 0.15) is 25.3 Å². The first-order chi connectivity index (χ1) is 11.1. The molecule has 3 heterocycles. The molecule has 2 fully saturated rings. The highest BCUT2D eigenvalue weighted by Gasteiger charge is 2.34. The molecular formula is C16H26N4O2S. The maximum absolute atomic E-state index is 12.8. The maximum Gasteiger partial charge on any atom is 0.282 e. The van der Waals surface area contributed by atoms with Crippen molar-refractivity contribution in [2.24, 2.45) is 5.92 Å². The molecule has 0 spiro atoms. The molecule has 2 aliphatic rings. The van der Waals surface area contributed by atoms with Gasteiger partial charge in [-0.2, -0.15) is 17.0 Å². The van der Waals surface area contributed by atoms with Crippen molar-refractivity contribution in [3.05, 3.63) is 30.1 Å². The molecule has 1 aromatic heterocycles. The predicted octanol–water partition coefficient (Wildman–Crippen LogP) is 1.18. The Bertz CT molecular complexity index is 600. The zero-order valence-electron chi connectivity index (χ0n) is 13.8. The lowest BCUT2D eigenvalue weighted by molar-refractivity contribution is 0.169. The third-order valence-corrected chi connectivity index (χ3v) is 6.73. The number of nitrogens with zero attached hydrogens (tertiary/aromatic N) is 4. The molecule has 3 rings (SSSR count). The quantitative estimate of drug-likeness (QED) is 0.827. The minimum atomic E-state index is -3.29. The first kappa shape index (κ1) is 16.8. The third-order valence-electron chi connectivity index (χ3n) is 4.73. The van der Waals surface area contributed by atoms with Crippen molar-refractivity contribution in [2.75, 3.05) is 39.3 Å². The molecule has 2 saturated heterocycles. The lowest BCUT2D eigenvalue weighted by Gasteiger charge is -2.38. The van der Waals surface area contributed by atoms with Gasteiger partial charge in [-0.3, -0.25) is 9.88 Å². The zero-order chi connectivity index (χ0) is 16.3. The van der Waals surface area contributed by atoms with Crippen molar-refractivity contribution < 1.29 is 8.42 Å². The van der Waals surface area contributed by atoms with Crippen LogP contribution in [-0.4, -0.2) is 66.2 Å². The Hall–Kier alpha value is -1.02. The fraction of sp³-hybridized carbons (Fsp3) is 0.688. The summed E-state index contributed by atoms with van der Waals surface area (Å²) in [6, 6.07) is 4.00. The Morgan fingerprint density at radius 1 is 1.17 bits per heavy atom. The van der Waals surface area contributed by atoms with Crippen molar-refractivity contribution in [3.8, 4) is 0 Å². The van der Waals surface area contributed by atoms with E-state index in [4.69, 9.17) is 0 Å². The van der Waals surface area contributed by atoms with Gasteiger partial charge >= 0.3 is 0 Å². The summed E-state index contributed by atoms with van der Waals surface area (Å²) in [6.45, 7) is 7.01. The summed E-state index contributed by atoms with van der Waals surface area (Å²) in [4.78, 5) is 6.43. The van der Waals surface area contributed by atoms with Crippen molar-refractivity contribution in [3.63, 3.8) is 0 Å². The molecule has 2 aliphatic heterocycles. The molecule has 0 amide bonds. The van der Waals surface area contributed by atoms with Gasteiger partial charge < -0.3 is 0 Å². The molecule has 6 nitrogen and oxygen atoms in total. The average molecular weight is 338 g/mol. The number of piperidine rings is 1. The van der Waals surface area contributed by atoms with Crippen LogP contribution in [0.25, 0.3) is 0 Å². The van der Waals surface area contributed by atoms with Gasteiger partial charge in [-0.15, -0.1) is 0 Å². The Morgan fingerprint density at radius 2 is 1.96 bits per heavy atom. The van der Waals surface area contributed by atoms with Gasteiger partial charge in [0.05, 0.1) is 0 Å². The first-order valence-corrected chi connectivity index (χ1v) is 9.82. The Kier molecular flexibility index (Phi) is 5.31. The monoisotopic (exact) mass is 338 g/mol. The molecule has 0 N–H and O–H groups in total. The van der Waals surface area contributed by atoms with Gasteiger partial charge in [-0.05, 0) is 30.4 Å². The van der Waals surface area contributed by atoms with Crippen LogP contribution in [0, 0.1) is 5.92 Å². The second kappa shape index (κ2) is 7.25. The van der Waals surface area contributed by atoms with E-state index in [0.29, 0.717) is 32.1 Å². The summed E-state index contributed by atoms with van der Waals surface area (Å²) in [5.41, 5.74) is 1.17. The van der Waals surface area contributed by atoms with Gasteiger partial charge in [0.1, 0.15) is 0 Å². The maximum atomic E-state index is 12.8. The van der Waals surface area contributed by atoms with Crippen molar-refractivity contribution in [2.45, 2.75) is 26.3 Å². The highest BCUT2D eigenvalue weighted by molar-refractivity contribution is 7.86. The predicted molar refractivity (Wildman–Crippen MR) is 90.0 cm³/mol. The highest BCUT2D eigenvalue weighted by atomic mass is 32.2. The molecule has 0 bridgehead atoms. The Balaban J connectivity index is 1.55. The standard InChI is InChI=1S/C16H26N4O2S/c1-15-4-3-7-20(13-15)23(21,22)19-10-8-18(9-11-19)14-16-5-2-6-17-12-16/h2,5-6,12,15H,3-4,7-11,13-14H2,1H3/t15-/m1/s1. The average Bonchev–Trinajstić information content (AvgIpc) is 2.56. The molecule has 1 atom stereocenters. The van der Waals surface area contributed by atoms with Gasteiger partial charge in [-0.1, -0.05) is 13.0 Å². The van der Waals surface area contributed by atoms with Crippen LogP contribution in [0.3, 0.4) is 0 Å². The van der Waals surface area contributed by atoms with Gasteiger partial charge in [0.25, 0.3) is 10.2 Å². The van der Waals surface area contributed by atoms with E-state index in [1.54, 1.807) is 14.8 Å². The second-order valence-corrected chi connectivity index (χ2v) is 8.58. The third kappa shape index (κ3) is 4.09. The van der Waals surface area contributed by atoms with Crippen LogP contribution in [0.15, 0.2) is 24.5 Å². The van der Waals surface area contributed by atoms with Crippen LogP contribution >= 0.6 is 0 Å². The summed E-state index contributed by atoms with van der Waals surface area (Å²) in [7, 11) is -3.29. The highest BCUT2D eigenvalue weighted by Crippen LogP contribution is 2.21. The molecule has 0 radical (unpaired) electrons. The van der Waals surface area contributed by atoms with Crippen molar-refractivity contribution >= 4 is 10.2 Å². The zero-order valence-corrected chi connectivity index (χ0v) is 14.6. The van der Waals surface area contributed by atoms with E-state index in [1.807, 2.05) is 12.3 Å². The molecule has 0 saturated carbocycles. The molecule has 7 heteroatoms. The minimum absolute atomic E-state index is 0.463. The van der Waals surface area contributed by atoms with E-state index >= 15 is 0 Å². The minimum Gasteiger partial charge on any atom is -0.296 e. The van der Waals surface area contributed by atoms with Crippen LogP contribution in [-0.2, 0) is 16.8 Å². The Morgan fingerprint density at radius 3 is 2.61 bits per heavy atom. The number of piperazine rings is 1. The smallest absolute Gasteiger partial charge is 0.282 e. The number of hydrogen-bond acceptors (Lipinski definition) is 4. The van der Waals surface area contributed by atoms with Gasteiger partial charge in [0, 0.05) is 58.2 Å². The van der Waals surface area contributed by atoms with E-state index in [1.165, 1.54) is 5.56 Å². The number of pyridine rings is 1. The number of hydrogen-bond donors (Lipinski definition) is 0. The van der Waals surface area contributed by atoms with Crippen molar-refractivity contribution in [1.29, 1.82) is 0 Å². The largest absolute Gasteiger partial charge is 0.296 e. The molecular weight excluding hydrogens is 312 g/mol. The lowest BCUT2D eigenvalue weighted by Crippen LogP contribution is -2.54. The SMILES string of the molecule is C[C@@H]1CCCN(S(=O)(=O)N2CCN(Cc3cccnc3)CC2)C1. The summed E-state index contributed by atoms with van der Waals surface area (Å²) < 4.78 is 28.9. The molecule has 0 aromatic carbocycles. The van der Waals surface area contributed by atoms with E-state index in [0.717, 1.165) is 32.5 Å². The fourth-order valence-corrected chi connectivity index (χ4v) is 5.14. The van der Waals surface area contributed by atoms with Gasteiger partial charge in [0.2, 0.25) is 0 Å². The topological polar surface area (TPSA) is 56.8 Å². The van der Waals surface area contributed by atoms with E-state index in [9.17, 15) is 8.42 Å². The summed E-state index contributed by atoms with van der Waals surface area (Å²) in [5.74, 6) is 0.463. The van der Waals surface area contributed by atoms with Crippen molar-refractivity contribution in [1.82, 2.24) is 18.5 Å². The molecule has 128 valence electrons.